The summed E-state index contributed by atoms with van der Waals surface area (Å²) in [6, 6.07) is 0. The summed E-state index contributed by atoms with van der Waals surface area (Å²) in [4.78, 5) is 2.34. The summed E-state index contributed by atoms with van der Waals surface area (Å²) in [6.45, 7) is 6.86. The maximum absolute atomic E-state index is 8.65. The molecule has 1 saturated heterocycles. The van der Waals surface area contributed by atoms with E-state index in [0.717, 1.165) is 32.8 Å². The van der Waals surface area contributed by atoms with Crippen LogP contribution < -0.4 is 0 Å². The Labute approximate surface area is 73.6 Å². The first-order chi connectivity index (χ1) is 5.83. The van der Waals surface area contributed by atoms with E-state index in [1.807, 2.05) is 13.0 Å². The van der Waals surface area contributed by atoms with Gasteiger partial charge in [-0.3, -0.25) is 4.90 Å². The molecule has 70 valence electrons. The SMILES string of the molecule is C/C(=C\CO)CN1CCOCC1. The molecule has 0 aromatic rings. The Hall–Kier alpha value is -0.380. The van der Waals surface area contributed by atoms with E-state index in [-0.39, 0.29) is 6.61 Å². The van der Waals surface area contributed by atoms with Crippen molar-refractivity contribution in [3.8, 4) is 0 Å². The van der Waals surface area contributed by atoms with Gasteiger partial charge in [0.15, 0.2) is 0 Å². The van der Waals surface area contributed by atoms with Gasteiger partial charge in [0.2, 0.25) is 0 Å². The average molecular weight is 171 g/mol. The lowest BCUT2D eigenvalue weighted by atomic mass is 10.2. The van der Waals surface area contributed by atoms with Crippen molar-refractivity contribution in [3.05, 3.63) is 11.6 Å². The summed E-state index contributed by atoms with van der Waals surface area (Å²) in [5.41, 5.74) is 1.24. The van der Waals surface area contributed by atoms with Gasteiger partial charge in [-0.1, -0.05) is 11.6 Å². The molecule has 0 spiro atoms. The maximum Gasteiger partial charge on any atom is 0.0615 e. The summed E-state index contributed by atoms with van der Waals surface area (Å²) in [5, 5.41) is 8.65. The van der Waals surface area contributed by atoms with Crippen LogP contribution in [0.5, 0.6) is 0 Å². The monoisotopic (exact) mass is 171 g/mol. The standard InChI is InChI=1S/C9H17NO2/c1-9(2-5-11)8-10-3-6-12-7-4-10/h2,11H,3-8H2,1H3/b9-2+. The Bertz CT molecular complexity index is 151. The molecule has 1 aliphatic rings. The topological polar surface area (TPSA) is 32.7 Å². The molecule has 1 N–H and O–H groups in total. The van der Waals surface area contributed by atoms with Crippen LogP contribution in [-0.4, -0.2) is 49.5 Å². The van der Waals surface area contributed by atoms with Crippen LogP contribution in [0, 0.1) is 0 Å². The number of hydrogen-bond acceptors (Lipinski definition) is 3. The molecule has 0 bridgehead atoms. The van der Waals surface area contributed by atoms with Gasteiger partial charge in [0.25, 0.3) is 0 Å². The van der Waals surface area contributed by atoms with Crippen LogP contribution in [0.1, 0.15) is 6.92 Å². The van der Waals surface area contributed by atoms with Gasteiger partial charge in [-0.05, 0) is 6.92 Å². The molecule has 0 atom stereocenters. The van der Waals surface area contributed by atoms with Crippen molar-refractivity contribution >= 4 is 0 Å². The first-order valence-corrected chi connectivity index (χ1v) is 4.39. The molecule has 12 heavy (non-hydrogen) atoms. The number of aliphatic hydroxyl groups excluding tert-OH is 1. The number of morpholine rings is 1. The van der Waals surface area contributed by atoms with Crippen molar-refractivity contribution in [2.24, 2.45) is 0 Å². The molecule has 0 aromatic carbocycles. The van der Waals surface area contributed by atoms with Crippen LogP contribution in [0.4, 0.5) is 0 Å². The summed E-state index contributed by atoms with van der Waals surface area (Å²) >= 11 is 0. The highest BCUT2D eigenvalue weighted by molar-refractivity contribution is 5.00. The first kappa shape index (κ1) is 9.71. The van der Waals surface area contributed by atoms with Gasteiger partial charge in [-0.2, -0.15) is 0 Å². The summed E-state index contributed by atoms with van der Waals surface area (Å²) < 4.78 is 5.23. The van der Waals surface area contributed by atoms with Gasteiger partial charge < -0.3 is 9.84 Å². The van der Waals surface area contributed by atoms with E-state index in [1.165, 1.54) is 5.57 Å². The Balaban J connectivity index is 2.24. The lowest BCUT2D eigenvalue weighted by Crippen LogP contribution is -2.37. The van der Waals surface area contributed by atoms with E-state index in [9.17, 15) is 0 Å². The predicted octanol–water partition coefficient (Wildman–Crippen LogP) is 0.257. The molecule has 0 radical (unpaired) electrons. The van der Waals surface area contributed by atoms with Crippen LogP contribution in [0.25, 0.3) is 0 Å². The largest absolute Gasteiger partial charge is 0.392 e. The number of nitrogens with zero attached hydrogens (tertiary/aromatic N) is 1. The molecule has 1 aliphatic heterocycles. The molecule has 0 unspecified atom stereocenters. The highest BCUT2D eigenvalue weighted by Crippen LogP contribution is 2.01. The van der Waals surface area contributed by atoms with Crippen LogP contribution in [0.2, 0.25) is 0 Å². The van der Waals surface area contributed by atoms with E-state index in [0.29, 0.717) is 0 Å². The number of ether oxygens (including phenoxy) is 1. The van der Waals surface area contributed by atoms with Crippen LogP contribution in [0.15, 0.2) is 11.6 Å². The van der Waals surface area contributed by atoms with Crippen LogP contribution in [-0.2, 0) is 4.74 Å². The molecule has 0 amide bonds. The van der Waals surface area contributed by atoms with E-state index in [4.69, 9.17) is 9.84 Å². The second-order valence-electron chi connectivity index (χ2n) is 3.12. The molecule has 0 aliphatic carbocycles. The van der Waals surface area contributed by atoms with E-state index < -0.39 is 0 Å². The average Bonchev–Trinajstić information content (AvgIpc) is 2.06. The fraction of sp³-hybridized carbons (Fsp3) is 0.778. The number of hydrogen-bond donors (Lipinski definition) is 1. The summed E-state index contributed by atoms with van der Waals surface area (Å²) in [6.07, 6.45) is 1.86. The van der Waals surface area contributed by atoms with Gasteiger partial charge in [0, 0.05) is 19.6 Å². The molecular weight excluding hydrogens is 154 g/mol. The van der Waals surface area contributed by atoms with E-state index in [2.05, 4.69) is 4.90 Å². The zero-order valence-corrected chi connectivity index (χ0v) is 7.62. The molecular formula is C9H17NO2. The van der Waals surface area contributed by atoms with Gasteiger partial charge in [-0.25, -0.2) is 0 Å². The van der Waals surface area contributed by atoms with Crippen molar-refractivity contribution < 1.29 is 9.84 Å². The summed E-state index contributed by atoms with van der Waals surface area (Å²) in [5.74, 6) is 0. The lowest BCUT2D eigenvalue weighted by molar-refractivity contribution is 0.0422. The van der Waals surface area contributed by atoms with Crippen molar-refractivity contribution in [2.75, 3.05) is 39.5 Å². The third kappa shape index (κ3) is 3.34. The normalized spacial score (nSPS) is 21.3. The van der Waals surface area contributed by atoms with Gasteiger partial charge >= 0.3 is 0 Å². The minimum Gasteiger partial charge on any atom is -0.392 e. The molecule has 3 heteroatoms. The van der Waals surface area contributed by atoms with Crippen molar-refractivity contribution in [1.82, 2.24) is 4.90 Å². The van der Waals surface area contributed by atoms with E-state index in [1.54, 1.807) is 0 Å². The molecule has 1 rings (SSSR count). The number of aliphatic hydroxyl groups is 1. The molecule has 1 fully saturated rings. The second-order valence-corrected chi connectivity index (χ2v) is 3.12. The minimum atomic E-state index is 0.149. The first-order valence-electron chi connectivity index (χ1n) is 4.39. The quantitative estimate of drug-likeness (QED) is 0.618. The zero-order chi connectivity index (χ0) is 8.81. The molecule has 1 heterocycles. The summed E-state index contributed by atoms with van der Waals surface area (Å²) in [7, 11) is 0. The highest BCUT2D eigenvalue weighted by atomic mass is 16.5. The second kappa shape index (κ2) is 5.30. The maximum atomic E-state index is 8.65. The van der Waals surface area contributed by atoms with Crippen LogP contribution in [0.3, 0.4) is 0 Å². The highest BCUT2D eigenvalue weighted by Gasteiger charge is 2.09. The lowest BCUT2D eigenvalue weighted by Gasteiger charge is -2.26. The molecule has 0 aromatic heterocycles. The van der Waals surface area contributed by atoms with Gasteiger partial charge in [0.05, 0.1) is 19.8 Å². The van der Waals surface area contributed by atoms with Gasteiger partial charge in [0.1, 0.15) is 0 Å². The fourth-order valence-electron chi connectivity index (χ4n) is 1.33. The van der Waals surface area contributed by atoms with Crippen LogP contribution >= 0.6 is 0 Å². The van der Waals surface area contributed by atoms with Crippen molar-refractivity contribution in [1.29, 1.82) is 0 Å². The smallest absolute Gasteiger partial charge is 0.0615 e. The van der Waals surface area contributed by atoms with Crippen molar-refractivity contribution in [3.63, 3.8) is 0 Å². The molecule has 3 nitrogen and oxygen atoms in total. The number of rotatable bonds is 3. The predicted molar refractivity (Wildman–Crippen MR) is 48.1 cm³/mol. The fourth-order valence-corrected chi connectivity index (χ4v) is 1.33. The minimum absolute atomic E-state index is 0.149. The van der Waals surface area contributed by atoms with Gasteiger partial charge in [-0.15, -0.1) is 0 Å². The zero-order valence-electron chi connectivity index (χ0n) is 7.62. The Morgan fingerprint density at radius 2 is 2.17 bits per heavy atom. The third-order valence-corrected chi connectivity index (χ3v) is 2.02. The Morgan fingerprint density at radius 1 is 1.50 bits per heavy atom. The molecule has 0 saturated carbocycles. The van der Waals surface area contributed by atoms with Crippen molar-refractivity contribution in [2.45, 2.75) is 6.92 Å². The third-order valence-electron chi connectivity index (χ3n) is 2.02. The Kier molecular flexibility index (Phi) is 4.29. The Morgan fingerprint density at radius 3 is 2.75 bits per heavy atom. The van der Waals surface area contributed by atoms with E-state index >= 15 is 0 Å².